The Labute approximate surface area is 307 Å². The molecule has 2 aliphatic heterocycles. The number of rotatable bonds is 14. The molecule has 2 aliphatic rings. The summed E-state index contributed by atoms with van der Waals surface area (Å²) in [5, 5.41) is 15.4. The van der Waals surface area contributed by atoms with Crippen molar-refractivity contribution in [3.05, 3.63) is 42.0 Å². The minimum Gasteiger partial charge on any atom is -0.444 e. The van der Waals surface area contributed by atoms with E-state index in [9.17, 15) is 9.90 Å². The fourth-order valence-electron chi connectivity index (χ4n) is 6.83. The molecule has 1 unspecified atom stereocenters. The number of amides is 1. The number of pyridine rings is 1. The number of ether oxygens (including phenoxy) is 3. The van der Waals surface area contributed by atoms with Gasteiger partial charge in [0, 0.05) is 76.4 Å². The molecule has 0 aromatic carbocycles. The largest absolute Gasteiger partial charge is 0.444 e. The first-order valence-corrected chi connectivity index (χ1v) is 26.1. The lowest BCUT2D eigenvalue weighted by atomic mass is 9.88. The Morgan fingerprint density at radius 2 is 1.51 bits per heavy atom. The fourth-order valence-corrected chi connectivity index (χ4v) is 8.34. The standard InChI is InChI=1S/C38H62N6O5Si2/c1-37(2,3)49-36(45)43-29-13-14-30(43)21-28(20-29)32-22-34(42(25-47-16-18-50(6,7)8)26-48-17-19-51(9,10)11)44-35(41-32)31(24-40-44)27-12-15-33(39-23-27)38(4,5)46/h12,15,22-24,28-30,46H,13-14,16-21,25-26H2,1-11H3/t28?,29-,30+. The van der Waals surface area contributed by atoms with E-state index >= 15 is 0 Å². The van der Waals surface area contributed by atoms with Gasteiger partial charge >= 0.3 is 6.09 Å². The van der Waals surface area contributed by atoms with E-state index in [4.69, 9.17) is 24.3 Å². The SMILES string of the molecule is CC(C)(C)OC(=O)N1[C@@H]2CC[C@H]1CC(c1cc(N(COCC[Si](C)(C)C)COCC[Si](C)(C)C)n3ncc(-c4ccc(C(C)(C)O)nc4)c3n1)C2. The molecule has 3 atom stereocenters. The summed E-state index contributed by atoms with van der Waals surface area (Å²) < 4.78 is 20.4. The highest BCUT2D eigenvalue weighted by atomic mass is 28.3. The van der Waals surface area contributed by atoms with Crippen LogP contribution in [0.3, 0.4) is 0 Å². The maximum absolute atomic E-state index is 13.3. The molecule has 5 rings (SSSR count). The van der Waals surface area contributed by atoms with Gasteiger partial charge in [-0.25, -0.2) is 9.78 Å². The second-order valence-electron chi connectivity index (χ2n) is 18.5. The van der Waals surface area contributed by atoms with Crippen LogP contribution in [0.25, 0.3) is 16.8 Å². The molecule has 0 aliphatic carbocycles. The van der Waals surface area contributed by atoms with Crippen LogP contribution < -0.4 is 4.90 Å². The molecule has 0 radical (unpaired) electrons. The van der Waals surface area contributed by atoms with Gasteiger partial charge in [0.25, 0.3) is 0 Å². The summed E-state index contributed by atoms with van der Waals surface area (Å²) in [6.45, 7) is 25.5. The smallest absolute Gasteiger partial charge is 0.410 e. The second kappa shape index (κ2) is 15.3. The van der Waals surface area contributed by atoms with Crippen molar-refractivity contribution in [2.24, 2.45) is 0 Å². The highest BCUT2D eigenvalue weighted by molar-refractivity contribution is 6.76. The minimum absolute atomic E-state index is 0.110. The number of nitrogens with zero attached hydrogens (tertiary/aromatic N) is 6. The maximum Gasteiger partial charge on any atom is 0.410 e. The molecular formula is C38H62N6O5Si2. The van der Waals surface area contributed by atoms with Crippen molar-refractivity contribution in [1.29, 1.82) is 0 Å². The molecule has 3 aromatic heterocycles. The number of aromatic nitrogens is 4. The van der Waals surface area contributed by atoms with Gasteiger partial charge in [0.2, 0.25) is 0 Å². The Bertz CT molecular complexity index is 1600. The van der Waals surface area contributed by atoms with Crippen LogP contribution >= 0.6 is 0 Å². The monoisotopic (exact) mass is 738 g/mol. The summed E-state index contributed by atoms with van der Waals surface area (Å²) in [5.74, 6) is 1.02. The van der Waals surface area contributed by atoms with Gasteiger partial charge < -0.3 is 29.1 Å². The first-order valence-electron chi connectivity index (χ1n) is 18.7. The van der Waals surface area contributed by atoms with E-state index < -0.39 is 27.3 Å². The van der Waals surface area contributed by atoms with Gasteiger partial charge in [0.05, 0.1) is 11.9 Å². The topological polar surface area (TPSA) is 115 Å². The van der Waals surface area contributed by atoms with Crippen molar-refractivity contribution in [3.8, 4) is 11.1 Å². The van der Waals surface area contributed by atoms with Crippen LogP contribution in [0.5, 0.6) is 0 Å². The van der Waals surface area contributed by atoms with Crippen molar-refractivity contribution in [3.63, 3.8) is 0 Å². The predicted molar refractivity (Wildman–Crippen MR) is 209 cm³/mol. The predicted octanol–water partition coefficient (Wildman–Crippen LogP) is 8.10. The molecule has 3 aromatic rings. The van der Waals surface area contributed by atoms with Gasteiger partial charge in [-0.2, -0.15) is 9.61 Å². The Kier molecular flexibility index (Phi) is 11.8. The van der Waals surface area contributed by atoms with Gasteiger partial charge in [-0.3, -0.25) is 4.98 Å². The molecule has 2 fully saturated rings. The van der Waals surface area contributed by atoms with Crippen LogP contribution in [-0.4, -0.2) is 96.2 Å². The highest BCUT2D eigenvalue weighted by Gasteiger charge is 2.45. The van der Waals surface area contributed by atoms with E-state index in [-0.39, 0.29) is 24.1 Å². The molecule has 11 nitrogen and oxygen atoms in total. The van der Waals surface area contributed by atoms with Crippen molar-refractivity contribution < 1.29 is 24.1 Å². The van der Waals surface area contributed by atoms with Crippen molar-refractivity contribution in [2.75, 3.05) is 31.6 Å². The molecule has 2 saturated heterocycles. The van der Waals surface area contributed by atoms with Gasteiger partial charge in [-0.15, -0.1) is 0 Å². The summed E-state index contributed by atoms with van der Waals surface area (Å²) in [6, 6.07) is 8.37. The van der Waals surface area contributed by atoms with E-state index in [1.54, 1.807) is 20.0 Å². The Morgan fingerprint density at radius 3 is 2.00 bits per heavy atom. The van der Waals surface area contributed by atoms with Crippen LogP contribution in [-0.2, 0) is 19.8 Å². The third-order valence-corrected chi connectivity index (χ3v) is 13.1. The average Bonchev–Trinajstić information content (AvgIpc) is 3.55. The number of carbonyl (C=O) groups excluding carboxylic acids is 1. The molecule has 1 N–H and O–H groups in total. The number of hydrogen-bond acceptors (Lipinski definition) is 9. The van der Waals surface area contributed by atoms with Crippen molar-refractivity contribution >= 4 is 33.7 Å². The van der Waals surface area contributed by atoms with E-state index in [0.29, 0.717) is 32.4 Å². The van der Waals surface area contributed by atoms with Crippen molar-refractivity contribution in [1.82, 2.24) is 24.5 Å². The van der Waals surface area contributed by atoms with Gasteiger partial charge in [0.1, 0.15) is 30.5 Å². The molecule has 13 heteroatoms. The summed E-state index contributed by atoms with van der Waals surface area (Å²) in [6.07, 6.45) is 7.00. The Balaban J connectivity index is 1.53. The number of piperidine rings is 1. The van der Waals surface area contributed by atoms with Crippen LogP contribution in [0.15, 0.2) is 30.6 Å². The number of anilines is 1. The maximum atomic E-state index is 13.3. The molecule has 0 spiro atoms. The number of carbonyl (C=O) groups is 1. The molecule has 282 valence electrons. The zero-order valence-corrected chi connectivity index (χ0v) is 35.0. The quantitative estimate of drug-likeness (QED) is 0.0996. The summed E-state index contributed by atoms with van der Waals surface area (Å²) in [4.78, 5) is 27.3. The molecule has 5 heterocycles. The third-order valence-electron chi connectivity index (χ3n) is 9.74. The Morgan fingerprint density at radius 1 is 0.922 bits per heavy atom. The van der Waals surface area contributed by atoms with Gasteiger partial charge in [-0.05, 0) is 78.5 Å². The lowest BCUT2D eigenvalue weighted by molar-refractivity contribution is 0.00568. The van der Waals surface area contributed by atoms with Crippen LogP contribution in [0, 0.1) is 0 Å². The summed E-state index contributed by atoms with van der Waals surface area (Å²) in [5.41, 5.74) is 2.47. The highest BCUT2D eigenvalue weighted by Crippen LogP contribution is 2.44. The van der Waals surface area contributed by atoms with Crippen LogP contribution in [0.4, 0.5) is 10.6 Å². The molecule has 1 amide bonds. The van der Waals surface area contributed by atoms with Gasteiger partial charge in [0.15, 0.2) is 5.65 Å². The van der Waals surface area contributed by atoms with E-state index in [0.717, 1.165) is 66.1 Å². The number of fused-ring (bicyclic) bond motifs is 3. The van der Waals surface area contributed by atoms with Crippen LogP contribution in [0.1, 0.15) is 77.6 Å². The molecule has 0 saturated carbocycles. The number of aliphatic hydroxyl groups is 1. The second-order valence-corrected chi connectivity index (χ2v) is 29.7. The average molecular weight is 739 g/mol. The molecule has 51 heavy (non-hydrogen) atoms. The van der Waals surface area contributed by atoms with E-state index in [2.05, 4.69) is 55.2 Å². The lowest BCUT2D eigenvalue weighted by Crippen LogP contribution is -2.48. The van der Waals surface area contributed by atoms with E-state index in [1.165, 1.54) is 0 Å². The first kappa shape index (κ1) is 39.4. The van der Waals surface area contributed by atoms with Crippen LogP contribution in [0.2, 0.25) is 51.4 Å². The zero-order chi connectivity index (χ0) is 37.4. The van der Waals surface area contributed by atoms with E-state index in [1.807, 2.05) is 48.5 Å². The molecular weight excluding hydrogens is 677 g/mol. The molecule has 2 bridgehead atoms. The number of hydrogen-bond donors (Lipinski definition) is 1. The zero-order valence-electron chi connectivity index (χ0n) is 33.0. The third kappa shape index (κ3) is 10.4. The van der Waals surface area contributed by atoms with Gasteiger partial charge in [-0.1, -0.05) is 45.3 Å². The normalized spacial score (nSPS) is 19.9. The lowest BCUT2D eigenvalue weighted by Gasteiger charge is -2.39. The summed E-state index contributed by atoms with van der Waals surface area (Å²) in [7, 11) is -2.55. The Hall–Kier alpha value is -2.85. The van der Waals surface area contributed by atoms with Crippen molar-refractivity contribution in [2.45, 2.75) is 141 Å². The first-order chi connectivity index (χ1) is 23.7. The fraction of sp³-hybridized carbons (Fsp3) is 0.684. The minimum atomic E-state index is -1.28. The summed E-state index contributed by atoms with van der Waals surface area (Å²) >= 11 is 0.